The molecule has 0 aromatic heterocycles. The van der Waals surface area contributed by atoms with Gasteiger partial charge >= 0.3 is 0 Å². The van der Waals surface area contributed by atoms with E-state index in [0.29, 0.717) is 26.4 Å². The van der Waals surface area contributed by atoms with Crippen molar-refractivity contribution in [2.45, 2.75) is 105 Å². The van der Waals surface area contributed by atoms with Gasteiger partial charge in [-0.2, -0.15) is 0 Å². The van der Waals surface area contributed by atoms with E-state index in [1.807, 2.05) is 41.5 Å². The van der Waals surface area contributed by atoms with E-state index < -0.39 is 24.8 Å². The summed E-state index contributed by atoms with van der Waals surface area (Å²) in [6.07, 6.45) is -2.35. The number of hydrogen-bond donors (Lipinski definition) is 2. The van der Waals surface area contributed by atoms with E-state index in [1.165, 1.54) is 0 Å². The molecule has 0 bridgehead atoms. The molecule has 0 aromatic carbocycles. The molecule has 0 aliphatic rings. The summed E-state index contributed by atoms with van der Waals surface area (Å²) in [5.41, 5.74) is 0. The van der Waals surface area contributed by atoms with Gasteiger partial charge in [0.15, 0.2) is 12.6 Å². The minimum Gasteiger partial charge on any atom is -0.391 e. The third kappa shape index (κ3) is 20.0. The van der Waals surface area contributed by atoms with Crippen LogP contribution in [-0.2, 0) is 33.2 Å². The smallest absolute Gasteiger partial charge is 0.155 e. The first-order valence-electron chi connectivity index (χ1n) is 11.2. The van der Waals surface area contributed by atoms with Gasteiger partial charge in [0.1, 0.15) is 0 Å². The summed E-state index contributed by atoms with van der Waals surface area (Å²) >= 11 is 0. The monoisotopic (exact) mass is 454 g/mol. The Morgan fingerprint density at radius 3 is 0.871 bits per heavy atom. The topological polar surface area (TPSA) is 105 Å². The van der Waals surface area contributed by atoms with Gasteiger partial charge in [0.05, 0.1) is 76.3 Å². The zero-order valence-electron chi connectivity index (χ0n) is 20.6. The lowest BCUT2D eigenvalue weighted by Gasteiger charge is -2.25. The first-order valence-corrected chi connectivity index (χ1v) is 11.2. The summed E-state index contributed by atoms with van der Waals surface area (Å²) in [7, 11) is 0. The van der Waals surface area contributed by atoms with Gasteiger partial charge < -0.3 is 43.4 Å². The average molecular weight is 455 g/mol. The number of aliphatic hydroxyl groups is 2. The largest absolute Gasteiger partial charge is 0.391 e. The van der Waals surface area contributed by atoms with Crippen LogP contribution < -0.4 is 0 Å². The molecule has 0 aromatic rings. The Morgan fingerprint density at radius 1 is 0.419 bits per heavy atom. The van der Waals surface area contributed by atoms with Crippen molar-refractivity contribution in [2.24, 2.45) is 0 Å². The van der Waals surface area contributed by atoms with Gasteiger partial charge in [0, 0.05) is 0 Å². The number of aliphatic hydroxyl groups excluding tert-OH is 2. The molecular weight excluding hydrogens is 408 g/mol. The summed E-state index contributed by atoms with van der Waals surface area (Å²) in [6.45, 7) is 16.8. The maximum atomic E-state index is 9.19. The molecule has 9 nitrogen and oxygen atoms in total. The first kappa shape index (κ1) is 30.6. The lowest BCUT2D eigenvalue weighted by molar-refractivity contribution is -0.208. The van der Waals surface area contributed by atoms with E-state index in [1.54, 1.807) is 13.8 Å². The number of rotatable bonds is 20. The Morgan fingerprint density at radius 2 is 0.645 bits per heavy atom. The molecule has 2 N–H and O–H groups in total. The van der Waals surface area contributed by atoms with Crippen LogP contribution in [0.3, 0.4) is 0 Å². The van der Waals surface area contributed by atoms with Crippen LogP contribution in [0.1, 0.15) is 55.4 Å². The third-order valence-electron chi connectivity index (χ3n) is 3.82. The van der Waals surface area contributed by atoms with Crippen molar-refractivity contribution < 1.29 is 43.4 Å². The Hall–Kier alpha value is -0.360. The van der Waals surface area contributed by atoms with Crippen LogP contribution in [-0.4, -0.2) is 99.1 Å². The van der Waals surface area contributed by atoms with Gasteiger partial charge in [-0.05, 0) is 55.4 Å². The molecule has 0 rings (SSSR count). The van der Waals surface area contributed by atoms with Crippen molar-refractivity contribution in [1.29, 1.82) is 0 Å². The minimum absolute atomic E-state index is 0.142. The Balaban J connectivity index is 3.87. The van der Waals surface area contributed by atoms with Gasteiger partial charge in [-0.1, -0.05) is 0 Å². The van der Waals surface area contributed by atoms with Crippen molar-refractivity contribution in [1.82, 2.24) is 0 Å². The van der Waals surface area contributed by atoms with Gasteiger partial charge in [-0.15, -0.1) is 0 Å². The molecule has 188 valence electrons. The van der Waals surface area contributed by atoms with Crippen LogP contribution >= 0.6 is 0 Å². The summed E-state index contributed by atoms with van der Waals surface area (Å²) in [5.74, 6) is 0. The lowest BCUT2D eigenvalue weighted by Crippen LogP contribution is -2.31. The van der Waals surface area contributed by atoms with E-state index in [2.05, 4.69) is 0 Å². The van der Waals surface area contributed by atoms with Crippen LogP contribution in [0.2, 0.25) is 0 Å². The molecule has 9 heteroatoms. The molecule has 0 amide bonds. The third-order valence-corrected chi connectivity index (χ3v) is 3.82. The normalized spacial score (nSPS) is 19.9. The standard InChI is InChI=1S/C22H46O9/c1-15(23)9-25-11-17(3)28-21(7)30-19(5)13-27-14-20(6)31-22(8)29-18(4)12-26-10-16(2)24/h15-24H,9-14H2,1-8H3. The molecule has 0 saturated heterocycles. The van der Waals surface area contributed by atoms with E-state index in [0.717, 1.165) is 0 Å². The average Bonchev–Trinajstić information content (AvgIpc) is 2.60. The molecule has 8 unspecified atom stereocenters. The molecule has 0 saturated carbocycles. The highest BCUT2D eigenvalue weighted by Crippen LogP contribution is 2.08. The SMILES string of the molecule is CC(O)COCC(C)OC(C)OC(C)COCC(C)OC(C)OC(C)COCC(C)O. The summed E-state index contributed by atoms with van der Waals surface area (Å²) in [4.78, 5) is 0. The first-order chi connectivity index (χ1) is 14.5. The lowest BCUT2D eigenvalue weighted by atomic mass is 10.4. The minimum atomic E-state index is -0.489. The van der Waals surface area contributed by atoms with Gasteiger partial charge in [0.25, 0.3) is 0 Å². The van der Waals surface area contributed by atoms with Crippen LogP contribution in [0.25, 0.3) is 0 Å². The Labute approximate surface area is 188 Å². The van der Waals surface area contributed by atoms with Gasteiger partial charge in [-0.3, -0.25) is 0 Å². The van der Waals surface area contributed by atoms with Crippen molar-refractivity contribution in [2.75, 3.05) is 39.6 Å². The zero-order chi connectivity index (χ0) is 23.8. The predicted molar refractivity (Wildman–Crippen MR) is 117 cm³/mol. The fraction of sp³-hybridized carbons (Fsp3) is 1.00. The van der Waals surface area contributed by atoms with E-state index >= 15 is 0 Å². The van der Waals surface area contributed by atoms with Crippen molar-refractivity contribution in [3.63, 3.8) is 0 Å². The second-order valence-corrected chi connectivity index (χ2v) is 8.23. The molecule has 31 heavy (non-hydrogen) atoms. The Bertz CT molecular complexity index is 372. The molecule has 0 radical (unpaired) electrons. The zero-order valence-corrected chi connectivity index (χ0v) is 20.6. The van der Waals surface area contributed by atoms with E-state index in [-0.39, 0.29) is 37.6 Å². The number of ether oxygens (including phenoxy) is 7. The van der Waals surface area contributed by atoms with Crippen LogP contribution in [0.15, 0.2) is 0 Å². The van der Waals surface area contributed by atoms with Gasteiger partial charge in [0.2, 0.25) is 0 Å². The summed E-state index contributed by atoms with van der Waals surface area (Å²) in [5, 5.41) is 18.4. The maximum Gasteiger partial charge on any atom is 0.155 e. The predicted octanol–water partition coefficient (Wildman–Crippen LogP) is 2.11. The molecule has 0 heterocycles. The van der Waals surface area contributed by atoms with Crippen molar-refractivity contribution in [3.8, 4) is 0 Å². The van der Waals surface area contributed by atoms with E-state index in [9.17, 15) is 10.2 Å². The van der Waals surface area contributed by atoms with Crippen LogP contribution in [0, 0.1) is 0 Å². The molecule has 0 aliphatic heterocycles. The molecule has 0 fully saturated rings. The highest BCUT2D eigenvalue weighted by molar-refractivity contribution is 4.56. The maximum absolute atomic E-state index is 9.19. The number of hydrogen-bond acceptors (Lipinski definition) is 9. The summed E-state index contributed by atoms with van der Waals surface area (Å²) in [6, 6.07) is 0. The fourth-order valence-corrected chi connectivity index (χ4v) is 2.74. The van der Waals surface area contributed by atoms with Gasteiger partial charge in [-0.25, -0.2) is 0 Å². The van der Waals surface area contributed by atoms with Crippen molar-refractivity contribution in [3.05, 3.63) is 0 Å². The highest BCUT2D eigenvalue weighted by Gasteiger charge is 2.16. The fourth-order valence-electron chi connectivity index (χ4n) is 2.74. The molecular formula is C22H46O9. The second-order valence-electron chi connectivity index (χ2n) is 8.23. The molecule has 0 aliphatic carbocycles. The van der Waals surface area contributed by atoms with Crippen LogP contribution in [0.4, 0.5) is 0 Å². The molecule has 0 spiro atoms. The molecule has 8 atom stereocenters. The second kappa shape index (κ2) is 18.1. The van der Waals surface area contributed by atoms with Crippen LogP contribution in [0.5, 0.6) is 0 Å². The highest BCUT2D eigenvalue weighted by atomic mass is 16.7. The van der Waals surface area contributed by atoms with E-state index in [4.69, 9.17) is 33.2 Å². The Kier molecular flexibility index (Phi) is 17.9. The summed E-state index contributed by atoms with van der Waals surface area (Å²) < 4.78 is 39.3. The quantitative estimate of drug-likeness (QED) is 0.268. The van der Waals surface area contributed by atoms with Crippen molar-refractivity contribution >= 4 is 0 Å².